The smallest absolute Gasteiger partial charge is 0.137 e. The van der Waals surface area contributed by atoms with Crippen LogP contribution in [0.5, 0.6) is 11.5 Å². The molecule has 0 saturated heterocycles. The molecule has 0 unspecified atom stereocenters. The molecule has 0 aliphatic carbocycles. The molecule has 0 spiro atoms. The summed E-state index contributed by atoms with van der Waals surface area (Å²) in [6.45, 7) is 3.66. The van der Waals surface area contributed by atoms with Crippen LogP contribution in [-0.4, -0.2) is 25.8 Å². The number of hydrogen-bond donors (Lipinski definition) is 0. The lowest BCUT2D eigenvalue weighted by molar-refractivity contribution is 0.483. The summed E-state index contributed by atoms with van der Waals surface area (Å²) in [5.41, 5.74) is 23.4. The van der Waals surface area contributed by atoms with Crippen molar-refractivity contribution >= 4 is 55.6 Å². The summed E-state index contributed by atoms with van der Waals surface area (Å²) >= 11 is 0. The molecule has 85 heavy (non-hydrogen) atoms. The third kappa shape index (κ3) is 8.82. The number of para-hydroxylation sites is 2. The van der Waals surface area contributed by atoms with Crippen molar-refractivity contribution < 1.29 is 4.74 Å². The largest absolute Gasteiger partial charge is 0.457 e. The topological polar surface area (TPSA) is 51.4 Å². The van der Waals surface area contributed by atoms with Crippen LogP contribution in [0.2, 0.25) is 0 Å². The van der Waals surface area contributed by atoms with E-state index in [2.05, 4.69) is 293 Å². The molecular formula is C78H58N6O. The Morgan fingerprint density at radius 2 is 0.976 bits per heavy atom. The number of rotatable bonds is 11. The zero-order chi connectivity index (χ0) is 56.4. The molecule has 0 saturated carbocycles. The number of hydrogen-bond acceptors (Lipinski definition) is 5. The lowest BCUT2D eigenvalue weighted by Gasteiger charge is -2.28. The number of aryl methyl sites for hydroxylation is 3. The Hall–Kier alpha value is -10.8. The highest BCUT2D eigenvalue weighted by Gasteiger charge is 2.34. The summed E-state index contributed by atoms with van der Waals surface area (Å²) in [6, 6.07) is 96.2. The predicted octanol–water partition coefficient (Wildman–Crippen LogP) is 20.2. The summed E-state index contributed by atoms with van der Waals surface area (Å²) in [7, 11) is 0. The lowest BCUT2D eigenvalue weighted by Crippen LogP contribution is -2.25. The van der Waals surface area contributed by atoms with E-state index in [0.29, 0.717) is 12.4 Å². The number of aromatic nitrogens is 4. The normalized spacial score (nSPS) is 13.0. The SMILES string of the molecule is Cc1cc(-n2c3ccccc3c3ccc(Oc4cc(-c5c(-c6ccccc6)cccc5-c5ccccc5)cc(N5CN(c6c(-c7ccccc7)cccc6-c6ccccc6)c6cc7c(cc65)nc5n7CCCC5)c4)cc32)ncc1-c1ccccc1. The average molecular weight is 1100 g/mol. The number of ether oxygens (including phenoxy) is 1. The molecule has 11 aromatic carbocycles. The molecule has 406 valence electrons. The zero-order valence-electron chi connectivity index (χ0n) is 47.1. The molecule has 16 rings (SSSR count). The quantitative estimate of drug-likeness (QED) is 0.129. The first-order chi connectivity index (χ1) is 42.1. The van der Waals surface area contributed by atoms with Gasteiger partial charge in [-0.05, 0) is 124 Å². The minimum Gasteiger partial charge on any atom is -0.457 e. The fourth-order valence-electron chi connectivity index (χ4n) is 13.4. The lowest BCUT2D eigenvalue weighted by atomic mass is 9.87. The van der Waals surface area contributed by atoms with Gasteiger partial charge in [0.25, 0.3) is 0 Å². The van der Waals surface area contributed by atoms with Crippen molar-refractivity contribution in [1.82, 2.24) is 19.1 Å². The molecule has 0 radical (unpaired) electrons. The molecule has 0 N–H and O–H groups in total. The highest BCUT2D eigenvalue weighted by atomic mass is 16.5. The first-order valence-electron chi connectivity index (χ1n) is 29.5. The molecule has 0 fully saturated rings. The maximum Gasteiger partial charge on any atom is 0.137 e. The summed E-state index contributed by atoms with van der Waals surface area (Å²) in [5, 5.41) is 2.28. The van der Waals surface area contributed by atoms with E-state index in [-0.39, 0.29) is 0 Å². The monoisotopic (exact) mass is 1090 g/mol. The number of imidazole rings is 1. The first-order valence-corrected chi connectivity index (χ1v) is 29.5. The van der Waals surface area contributed by atoms with Crippen molar-refractivity contribution in [2.45, 2.75) is 32.7 Å². The van der Waals surface area contributed by atoms with E-state index < -0.39 is 0 Å². The van der Waals surface area contributed by atoms with E-state index in [4.69, 9.17) is 14.7 Å². The van der Waals surface area contributed by atoms with Crippen molar-refractivity contribution in [1.29, 1.82) is 0 Å². The molecule has 7 heteroatoms. The fraction of sp³-hybridized carbons (Fsp3) is 0.0769. The van der Waals surface area contributed by atoms with Gasteiger partial charge in [0.1, 0.15) is 29.8 Å². The molecule has 2 aliphatic rings. The highest BCUT2D eigenvalue weighted by molar-refractivity contribution is 6.10. The van der Waals surface area contributed by atoms with Crippen LogP contribution < -0.4 is 14.5 Å². The molecule has 0 bridgehead atoms. The number of anilines is 4. The maximum atomic E-state index is 7.42. The van der Waals surface area contributed by atoms with Crippen molar-refractivity contribution in [3.63, 3.8) is 0 Å². The molecule has 2 aliphatic heterocycles. The van der Waals surface area contributed by atoms with Gasteiger partial charge in [0.05, 0.1) is 39.1 Å². The third-order valence-electron chi connectivity index (χ3n) is 17.3. The van der Waals surface area contributed by atoms with Gasteiger partial charge in [-0.1, -0.05) is 206 Å². The summed E-state index contributed by atoms with van der Waals surface area (Å²) in [6.07, 6.45) is 5.26. The molecule has 3 aromatic heterocycles. The van der Waals surface area contributed by atoms with Gasteiger partial charge in [0, 0.05) is 64.4 Å². The van der Waals surface area contributed by atoms with E-state index in [1.54, 1.807) is 0 Å². The summed E-state index contributed by atoms with van der Waals surface area (Å²) in [4.78, 5) is 15.6. The second-order valence-electron chi connectivity index (χ2n) is 22.4. The van der Waals surface area contributed by atoms with Gasteiger partial charge < -0.3 is 19.1 Å². The van der Waals surface area contributed by atoms with E-state index >= 15 is 0 Å². The van der Waals surface area contributed by atoms with Crippen LogP contribution in [0.1, 0.15) is 24.2 Å². The Balaban J connectivity index is 0.918. The van der Waals surface area contributed by atoms with Gasteiger partial charge in [-0.15, -0.1) is 0 Å². The van der Waals surface area contributed by atoms with Gasteiger partial charge in [-0.3, -0.25) is 4.57 Å². The number of benzene rings is 11. The minimum atomic E-state index is 0.523. The Morgan fingerprint density at radius 3 is 1.61 bits per heavy atom. The van der Waals surface area contributed by atoms with Crippen molar-refractivity contribution in [2.24, 2.45) is 0 Å². The van der Waals surface area contributed by atoms with Crippen molar-refractivity contribution in [2.75, 3.05) is 16.5 Å². The summed E-state index contributed by atoms with van der Waals surface area (Å²) in [5.74, 6) is 3.44. The van der Waals surface area contributed by atoms with Crippen LogP contribution in [0.3, 0.4) is 0 Å². The number of fused-ring (bicyclic) bond motifs is 7. The second kappa shape index (κ2) is 20.9. The van der Waals surface area contributed by atoms with Crippen molar-refractivity contribution in [3.05, 3.63) is 285 Å². The first kappa shape index (κ1) is 50.0. The number of nitrogens with zero attached hydrogens (tertiary/aromatic N) is 6. The minimum absolute atomic E-state index is 0.523. The van der Waals surface area contributed by atoms with Crippen LogP contribution in [0.25, 0.3) is 105 Å². The summed E-state index contributed by atoms with van der Waals surface area (Å²) < 4.78 is 12.2. The van der Waals surface area contributed by atoms with E-state index in [1.807, 2.05) is 6.20 Å². The van der Waals surface area contributed by atoms with Crippen LogP contribution in [0.15, 0.2) is 273 Å². The molecule has 0 atom stereocenters. The van der Waals surface area contributed by atoms with Crippen molar-refractivity contribution in [3.8, 4) is 84.1 Å². The Kier molecular flexibility index (Phi) is 12.3. The molecule has 0 amide bonds. The molecule has 7 nitrogen and oxygen atoms in total. The van der Waals surface area contributed by atoms with Crippen LogP contribution in [0, 0.1) is 6.92 Å². The van der Waals surface area contributed by atoms with E-state index in [9.17, 15) is 0 Å². The van der Waals surface area contributed by atoms with E-state index in [1.165, 1.54) is 5.52 Å². The van der Waals surface area contributed by atoms with Crippen LogP contribution in [0.4, 0.5) is 22.7 Å². The fourth-order valence-corrected chi connectivity index (χ4v) is 13.4. The standard InChI is InChI=1S/C78H58N6O/c1-52-43-76(79-50-68(52)57-31-15-6-16-32-57)84-70-38-18-17-33-66(70)67-41-40-60(47-71(67)84)85-61-45-58(77-62(53-23-7-2-8-24-53)34-21-35-63(77)54-25-9-3-10-26-54)44-59(46-61)82-51-83(74-49-72-69(48-73(74)82)80-75-39-19-20-42-81(72)75)78-64(55-27-11-4-12-28-55)36-22-37-65(78)56-29-13-5-14-30-56/h2-18,21-38,40-41,43-50H,19-20,39,42,51H2,1H3. The Bertz CT molecular complexity index is 4730. The van der Waals surface area contributed by atoms with Gasteiger partial charge in [0.2, 0.25) is 0 Å². The Labute approximate surface area is 494 Å². The molecule has 5 heterocycles. The highest BCUT2D eigenvalue weighted by Crippen LogP contribution is 2.53. The van der Waals surface area contributed by atoms with Crippen LogP contribution >= 0.6 is 0 Å². The Morgan fingerprint density at radius 1 is 0.412 bits per heavy atom. The number of pyridine rings is 1. The zero-order valence-corrected chi connectivity index (χ0v) is 47.1. The second-order valence-corrected chi connectivity index (χ2v) is 22.4. The average Bonchev–Trinajstić information content (AvgIpc) is 2.46. The predicted molar refractivity (Wildman–Crippen MR) is 351 cm³/mol. The molecular weight excluding hydrogens is 1040 g/mol. The van der Waals surface area contributed by atoms with Gasteiger partial charge >= 0.3 is 0 Å². The van der Waals surface area contributed by atoms with Gasteiger partial charge in [-0.25, -0.2) is 9.97 Å². The van der Waals surface area contributed by atoms with Gasteiger partial charge in [0.15, 0.2) is 0 Å². The molecule has 14 aromatic rings. The van der Waals surface area contributed by atoms with Gasteiger partial charge in [-0.2, -0.15) is 0 Å². The van der Waals surface area contributed by atoms with E-state index in [0.717, 1.165) is 166 Å². The maximum absolute atomic E-state index is 7.42. The van der Waals surface area contributed by atoms with Crippen LogP contribution in [-0.2, 0) is 13.0 Å². The third-order valence-corrected chi connectivity index (χ3v) is 17.3.